The molecule has 2 heterocycles. The van der Waals surface area contributed by atoms with Gasteiger partial charge in [-0.05, 0) is 50.5 Å². The van der Waals surface area contributed by atoms with Crippen LogP contribution in [0.1, 0.15) is 54.0 Å². The maximum absolute atomic E-state index is 13.7. The van der Waals surface area contributed by atoms with Crippen LogP contribution < -0.4 is 5.32 Å². The van der Waals surface area contributed by atoms with Crippen LogP contribution in [-0.2, 0) is 17.8 Å². The van der Waals surface area contributed by atoms with Gasteiger partial charge in [-0.15, -0.1) is 0 Å². The maximum Gasteiger partial charge on any atom is 0.247 e. The van der Waals surface area contributed by atoms with E-state index in [1.165, 1.54) is 11.1 Å². The van der Waals surface area contributed by atoms with Crippen molar-refractivity contribution >= 4 is 11.6 Å². The predicted octanol–water partition coefficient (Wildman–Crippen LogP) is 4.82. The fourth-order valence-electron chi connectivity index (χ4n) is 4.23. The van der Waals surface area contributed by atoms with Gasteiger partial charge in [-0.2, -0.15) is 0 Å². The molecule has 1 aromatic heterocycles. The molecule has 156 valence electrons. The third-order valence-electron chi connectivity index (χ3n) is 6.07. The number of aryl methyl sites for hydroxylation is 1. The maximum atomic E-state index is 13.7. The van der Waals surface area contributed by atoms with E-state index >= 15 is 0 Å². The number of nitrogens with zero attached hydrogens (tertiary/aromatic N) is 3. The number of anilines is 1. The first-order chi connectivity index (χ1) is 14.5. The van der Waals surface area contributed by atoms with Crippen molar-refractivity contribution in [2.24, 2.45) is 0 Å². The number of benzene rings is 2. The summed E-state index contributed by atoms with van der Waals surface area (Å²) in [5.41, 5.74) is 6.42. The molecule has 0 saturated heterocycles. The van der Waals surface area contributed by atoms with Crippen molar-refractivity contribution < 1.29 is 4.79 Å². The molecule has 2 aromatic carbocycles. The molecule has 1 atom stereocenters. The molecule has 1 aliphatic rings. The second-order valence-corrected chi connectivity index (χ2v) is 8.42. The second kappa shape index (κ2) is 8.44. The molecule has 0 saturated carbocycles. The van der Waals surface area contributed by atoms with Gasteiger partial charge in [0.05, 0.1) is 17.7 Å². The molecule has 1 N–H and O–H groups in total. The average molecular weight is 403 g/mol. The Labute approximate surface area is 178 Å². The summed E-state index contributed by atoms with van der Waals surface area (Å²) in [4.78, 5) is 20.6. The van der Waals surface area contributed by atoms with E-state index in [9.17, 15) is 4.79 Å². The minimum absolute atomic E-state index is 0.00276. The van der Waals surface area contributed by atoms with E-state index in [1.807, 2.05) is 36.7 Å². The molecular formula is C25H30N4O. The van der Waals surface area contributed by atoms with Crippen molar-refractivity contribution in [2.45, 2.75) is 52.7 Å². The van der Waals surface area contributed by atoms with Crippen LogP contribution in [0.5, 0.6) is 0 Å². The van der Waals surface area contributed by atoms with E-state index < -0.39 is 0 Å². The number of rotatable bonds is 5. The summed E-state index contributed by atoms with van der Waals surface area (Å²) in [5.74, 6) is 0.00276. The quantitative estimate of drug-likeness (QED) is 0.666. The van der Waals surface area contributed by atoms with Crippen molar-refractivity contribution in [1.82, 2.24) is 14.5 Å². The van der Waals surface area contributed by atoms with Gasteiger partial charge in [0, 0.05) is 31.2 Å². The fourth-order valence-corrected chi connectivity index (χ4v) is 4.23. The Morgan fingerprint density at radius 3 is 2.63 bits per heavy atom. The zero-order valence-corrected chi connectivity index (χ0v) is 18.2. The minimum Gasteiger partial charge on any atom is -0.330 e. The van der Waals surface area contributed by atoms with E-state index in [-0.39, 0.29) is 18.0 Å². The van der Waals surface area contributed by atoms with Gasteiger partial charge < -0.3 is 9.88 Å². The third kappa shape index (κ3) is 3.90. The summed E-state index contributed by atoms with van der Waals surface area (Å²) in [7, 11) is 0. The van der Waals surface area contributed by atoms with Crippen LogP contribution in [0.2, 0.25) is 0 Å². The Balaban J connectivity index is 1.71. The largest absolute Gasteiger partial charge is 0.330 e. The predicted molar refractivity (Wildman–Crippen MR) is 120 cm³/mol. The molecule has 1 unspecified atom stereocenters. The second-order valence-electron chi connectivity index (χ2n) is 8.42. The van der Waals surface area contributed by atoms with E-state index in [1.54, 1.807) is 0 Å². The standard InChI is InChI=1S/C25H30N4O/c1-17(2)29-16-26-22-13-14-28(15-20-10-6-5-7-11-20)24(23(22)29)25(30)27-21-12-8-9-18(3)19(21)4/h5-12,16-17,24H,13-15H2,1-4H3,(H,27,30). The molecule has 5 heteroatoms. The fraction of sp³-hybridized carbons (Fsp3) is 0.360. The molecule has 3 aromatic rings. The normalized spacial score (nSPS) is 16.5. The van der Waals surface area contributed by atoms with Crippen molar-refractivity contribution in [1.29, 1.82) is 0 Å². The van der Waals surface area contributed by atoms with Gasteiger partial charge in [-0.1, -0.05) is 42.5 Å². The summed E-state index contributed by atoms with van der Waals surface area (Å²) in [6.07, 6.45) is 2.74. The number of fused-ring (bicyclic) bond motifs is 1. The van der Waals surface area contributed by atoms with Crippen LogP contribution in [0.4, 0.5) is 5.69 Å². The first-order valence-corrected chi connectivity index (χ1v) is 10.7. The number of hydrogen-bond acceptors (Lipinski definition) is 3. The summed E-state index contributed by atoms with van der Waals surface area (Å²) in [6, 6.07) is 16.3. The first kappa shape index (κ1) is 20.4. The zero-order valence-electron chi connectivity index (χ0n) is 18.2. The summed E-state index contributed by atoms with van der Waals surface area (Å²) in [5, 5.41) is 3.21. The summed E-state index contributed by atoms with van der Waals surface area (Å²) in [6.45, 7) is 9.93. The molecule has 4 rings (SSSR count). The van der Waals surface area contributed by atoms with Gasteiger partial charge in [0.25, 0.3) is 0 Å². The number of hydrogen-bond donors (Lipinski definition) is 1. The van der Waals surface area contributed by atoms with E-state index in [0.717, 1.165) is 42.1 Å². The average Bonchev–Trinajstić information content (AvgIpc) is 3.16. The number of nitrogens with one attached hydrogen (secondary N) is 1. The highest BCUT2D eigenvalue weighted by Gasteiger charge is 2.37. The Bertz CT molecular complexity index is 1040. The Hall–Kier alpha value is -2.92. The molecule has 30 heavy (non-hydrogen) atoms. The van der Waals surface area contributed by atoms with Crippen LogP contribution in [0.25, 0.3) is 0 Å². The van der Waals surface area contributed by atoms with Gasteiger partial charge in [0.2, 0.25) is 5.91 Å². The number of imidazole rings is 1. The first-order valence-electron chi connectivity index (χ1n) is 10.7. The van der Waals surface area contributed by atoms with Crippen LogP contribution >= 0.6 is 0 Å². The van der Waals surface area contributed by atoms with Crippen LogP contribution in [0.15, 0.2) is 54.9 Å². The molecule has 1 aliphatic heterocycles. The van der Waals surface area contributed by atoms with Crippen molar-refractivity contribution in [3.8, 4) is 0 Å². The Morgan fingerprint density at radius 1 is 1.13 bits per heavy atom. The van der Waals surface area contributed by atoms with E-state index in [4.69, 9.17) is 0 Å². The van der Waals surface area contributed by atoms with Crippen LogP contribution in [-0.4, -0.2) is 26.9 Å². The SMILES string of the molecule is Cc1cccc(NC(=O)C2c3c(ncn3C(C)C)CCN2Cc2ccccc2)c1C. The van der Waals surface area contributed by atoms with E-state index in [0.29, 0.717) is 0 Å². The van der Waals surface area contributed by atoms with Gasteiger partial charge in [-0.25, -0.2) is 4.98 Å². The molecule has 0 fully saturated rings. The lowest BCUT2D eigenvalue weighted by Crippen LogP contribution is -2.42. The molecule has 0 radical (unpaired) electrons. The smallest absolute Gasteiger partial charge is 0.247 e. The lowest BCUT2D eigenvalue weighted by Gasteiger charge is -2.36. The van der Waals surface area contributed by atoms with Gasteiger partial charge in [0.15, 0.2) is 0 Å². The van der Waals surface area contributed by atoms with Crippen molar-refractivity contribution in [3.63, 3.8) is 0 Å². The number of amides is 1. The molecule has 0 bridgehead atoms. The molecule has 0 spiro atoms. The monoisotopic (exact) mass is 402 g/mol. The Kier molecular flexibility index (Phi) is 5.73. The molecular weight excluding hydrogens is 372 g/mol. The topological polar surface area (TPSA) is 50.2 Å². The van der Waals surface area contributed by atoms with Gasteiger partial charge in [0.1, 0.15) is 6.04 Å². The summed E-state index contributed by atoms with van der Waals surface area (Å²) >= 11 is 0. The highest BCUT2D eigenvalue weighted by atomic mass is 16.2. The number of carbonyl (C=O) groups excluding carboxylic acids is 1. The molecule has 0 aliphatic carbocycles. The molecule has 1 amide bonds. The lowest BCUT2D eigenvalue weighted by atomic mass is 9.99. The highest BCUT2D eigenvalue weighted by Crippen LogP contribution is 2.34. The van der Waals surface area contributed by atoms with Crippen molar-refractivity contribution in [3.05, 3.63) is 82.9 Å². The zero-order chi connectivity index (χ0) is 21.3. The van der Waals surface area contributed by atoms with Gasteiger partial charge in [-0.3, -0.25) is 9.69 Å². The summed E-state index contributed by atoms with van der Waals surface area (Å²) < 4.78 is 2.15. The highest BCUT2D eigenvalue weighted by molar-refractivity contribution is 5.96. The van der Waals surface area contributed by atoms with Gasteiger partial charge >= 0.3 is 0 Å². The van der Waals surface area contributed by atoms with Crippen LogP contribution in [0, 0.1) is 13.8 Å². The number of aromatic nitrogens is 2. The third-order valence-corrected chi connectivity index (χ3v) is 6.07. The Morgan fingerprint density at radius 2 is 1.90 bits per heavy atom. The molecule has 5 nitrogen and oxygen atoms in total. The van der Waals surface area contributed by atoms with E-state index in [2.05, 4.69) is 65.7 Å². The van der Waals surface area contributed by atoms with Crippen molar-refractivity contribution in [2.75, 3.05) is 11.9 Å². The van der Waals surface area contributed by atoms with Crippen LogP contribution in [0.3, 0.4) is 0 Å². The lowest BCUT2D eigenvalue weighted by molar-refractivity contribution is -0.122. The number of carbonyl (C=O) groups is 1. The minimum atomic E-state index is -0.376.